The number of rotatable bonds is 5. The molecule has 0 atom stereocenters. The van der Waals surface area contributed by atoms with Crippen LogP contribution in [0.4, 0.5) is 0 Å². The first-order valence-corrected chi connectivity index (χ1v) is 10.5. The highest BCUT2D eigenvalue weighted by molar-refractivity contribution is 7.13. The zero-order valence-electron chi connectivity index (χ0n) is 16.0. The summed E-state index contributed by atoms with van der Waals surface area (Å²) in [6, 6.07) is 15.8. The van der Waals surface area contributed by atoms with Gasteiger partial charge >= 0.3 is 0 Å². The molecule has 1 N–H and O–H groups in total. The van der Waals surface area contributed by atoms with E-state index in [1.165, 1.54) is 21.9 Å². The van der Waals surface area contributed by atoms with Crippen LogP contribution in [0.15, 0.2) is 58.7 Å². The van der Waals surface area contributed by atoms with Crippen molar-refractivity contribution in [1.82, 2.24) is 14.7 Å². The largest absolute Gasteiger partial charge is 0.388 e. The van der Waals surface area contributed by atoms with Crippen LogP contribution in [0, 0.1) is 6.92 Å². The molecule has 1 aromatic carbocycles. The lowest BCUT2D eigenvalue weighted by Gasteiger charge is -2.38. The summed E-state index contributed by atoms with van der Waals surface area (Å²) in [6.45, 7) is 4.84. The number of aryl methyl sites for hydroxylation is 1. The number of hydrogen-bond donors (Lipinski definition) is 1. The molecule has 1 aliphatic rings. The Morgan fingerprint density at radius 3 is 2.54 bits per heavy atom. The molecule has 0 aliphatic carbocycles. The molecule has 3 aromatic rings. The minimum absolute atomic E-state index is 0.171. The van der Waals surface area contributed by atoms with Crippen LogP contribution in [-0.2, 0) is 13.1 Å². The van der Waals surface area contributed by atoms with Crippen molar-refractivity contribution < 1.29 is 5.11 Å². The molecular formula is C22H25N3O2S. The van der Waals surface area contributed by atoms with Crippen LogP contribution in [0.1, 0.15) is 24.0 Å². The summed E-state index contributed by atoms with van der Waals surface area (Å²) in [4.78, 5) is 15.7. The van der Waals surface area contributed by atoms with Crippen LogP contribution in [0.25, 0.3) is 10.6 Å². The number of aliphatic hydroxyl groups is 1. The molecule has 2 aromatic heterocycles. The van der Waals surface area contributed by atoms with E-state index in [2.05, 4.69) is 41.2 Å². The molecule has 0 amide bonds. The normalized spacial score (nSPS) is 16.9. The van der Waals surface area contributed by atoms with E-state index in [9.17, 15) is 9.90 Å². The minimum Gasteiger partial charge on any atom is -0.388 e. The van der Waals surface area contributed by atoms with Crippen molar-refractivity contribution in [3.8, 4) is 10.6 Å². The van der Waals surface area contributed by atoms with Gasteiger partial charge in [-0.15, -0.1) is 11.3 Å². The Balaban J connectivity index is 1.41. The second-order valence-corrected chi connectivity index (χ2v) is 8.63. The van der Waals surface area contributed by atoms with E-state index in [0.29, 0.717) is 12.8 Å². The lowest BCUT2D eigenvalue weighted by atomic mass is 9.91. The highest BCUT2D eigenvalue weighted by atomic mass is 32.1. The lowest BCUT2D eigenvalue weighted by Crippen LogP contribution is -2.48. The van der Waals surface area contributed by atoms with E-state index < -0.39 is 5.60 Å². The fraction of sp³-hybridized carbons (Fsp3) is 0.364. The summed E-state index contributed by atoms with van der Waals surface area (Å²) in [6.07, 6.45) is 1.27. The maximum atomic E-state index is 12.3. The van der Waals surface area contributed by atoms with Gasteiger partial charge in [-0.05, 0) is 42.8 Å². The van der Waals surface area contributed by atoms with Crippen molar-refractivity contribution in [2.75, 3.05) is 13.1 Å². The molecular weight excluding hydrogens is 370 g/mol. The molecule has 0 unspecified atom stereocenters. The number of likely N-dealkylation sites (tertiary alicyclic amines) is 1. The third kappa shape index (κ3) is 4.41. The average molecular weight is 396 g/mol. The van der Waals surface area contributed by atoms with E-state index in [1.54, 1.807) is 17.4 Å². The predicted molar refractivity (Wildman–Crippen MR) is 112 cm³/mol. The van der Waals surface area contributed by atoms with Crippen molar-refractivity contribution in [1.29, 1.82) is 0 Å². The van der Waals surface area contributed by atoms with Crippen molar-refractivity contribution >= 4 is 11.3 Å². The van der Waals surface area contributed by atoms with E-state index in [4.69, 9.17) is 0 Å². The smallest absolute Gasteiger partial charge is 0.266 e. The van der Waals surface area contributed by atoms with Crippen LogP contribution >= 0.6 is 11.3 Å². The van der Waals surface area contributed by atoms with Crippen molar-refractivity contribution in [3.63, 3.8) is 0 Å². The van der Waals surface area contributed by atoms with E-state index in [0.717, 1.165) is 30.2 Å². The van der Waals surface area contributed by atoms with Crippen molar-refractivity contribution in [3.05, 3.63) is 75.4 Å². The summed E-state index contributed by atoms with van der Waals surface area (Å²) < 4.78 is 1.42. The maximum absolute atomic E-state index is 12.3. The molecule has 0 radical (unpaired) electrons. The molecule has 1 saturated heterocycles. The van der Waals surface area contributed by atoms with Gasteiger partial charge in [-0.25, -0.2) is 4.68 Å². The van der Waals surface area contributed by atoms with E-state index in [1.807, 2.05) is 17.5 Å². The minimum atomic E-state index is -0.894. The summed E-state index contributed by atoms with van der Waals surface area (Å²) in [5.74, 6) is 0. The summed E-state index contributed by atoms with van der Waals surface area (Å²) in [7, 11) is 0. The van der Waals surface area contributed by atoms with Crippen LogP contribution in [0.5, 0.6) is 0 Å². The highest BCUT2D eigenvalue weighted by Gasteiger charge is 2.33. The molecule has 0 spiro atoms. The number of hydrogen-bond acceptors (Lipinski definition) is 5. The number of piperidine rings is 1. The van der Waals surface area contributed by atoms with Crippen molar-refractivity contribution in [2.24, 2.45) is 0 Å². The summed E-state index contributed by atoms with van der Waals surface area (Å²) >= 11 is 1.59. The second-order valence-electron chi connectivity index (χ2n) is 7.68. The number of thiophene rings is 1. The first kappa shape index (κ1) is 19.1. The summed E-state index contributed by atoms with van der Waals surface area (Å²) in [5.41, 5.74) is 2.26. The first-order valence-electron chi connectivity index (χ1n) is 9.63. The van der Waals surface area contributed by atoms with Gasteiger partial charge in [0.2, 0.25) is 0 Å². The highest BCUT2D eigenvalue weighted by Crippen LogP contribution is 2.26. The van der Waals surface area contributed by atoms with Crippen LogP contribution in [0.2, 0.25) is 0 Å². The van der Waals surface area contributed by atoms with E-state index in [-0.39, 0.29) is 12.1 Å². The van der Waals surface area contributed by atoms with Crippen LogP contribution in [0.3, 0.4) is 0 Å². The fourth-order valence-corrected chi connectivity index (χ4v) is 4.32. The molecule has 3 heterocycles. The Morgan fingerprint density at radius 1 is 1.11 bits per heavy atom. The molecule has 1 fully saturated rings. The first-order chi connectivity index (χ1) is 13.5. The Labute approximate surface area is 168 Å². The molecule has 5 nitrogen and oxygen atoms in total. The number of benzene rings is 1. The standard InChI is InChI=1S/C22H25N3O2S/c1-17-4-6-18(7-5-17)15-24-12-10-22(27,11-13-24)16-25-21(26)9-8-19(23-25)20-3-2-14-28-20/h2-9,14,27H,10-13,15-16H2,1H3. The Kier molecular flexibility index (Phi) is 5.44. The zero-order valence-corrected chi connectivity index (χ0v) is 16.9. The average Bonchev–Trinajstić information content (AvgIpc) is 3.22. The van der Waals surface area contributed by atoms with Gasteiger partial charge in [-0.1, -0.05) is 35.9 Å². The molecule has 1 aliphatic heterocycles. The van der Waals surface area contributed by atoms with Gasteiger partial charge in [0.25, 0.3) is 5.56 Å². The van der Waals surface area contributed by atoms with Crippen LogP contribution < -0.4 is 5.56 Å². The van der Waals surface area contributed by atoms with Crippen LogP contribution in [-0.4, -0.2) is 38.5 Å². The van der Waals surface area contributed by atoms with E-state index >= 15 is 0 Å². The zero-order chi connectivity index (χ0) is 19.6. The Bertz CT molecular complexity index is 972. The number of aromatic nitrogens is 2. The topological polar surface area (TPSA) is 58.4 Å². The third-order valence-electron chi connectivity index (χ3n) is 5.40. The Morgan fingerprint density at radius 2 is 1.86 bits per heavy atom. The molecule has 4 rings (SSSR count). The predicted octanol–water partition coefficient (Wildman–Crippen LogP) is 3.31. The lowest BCUT2D eigenvalue weighted by molar-refractivity contribution is -0.0389. The Hall–Kier alpha value is -2.28. The third-order valence-corrected chi connectivity index (χ3v) is 6.29. The quantitative estimate of drug-likeness (QED) is 0.720. The number of nitrogens with zero attached hydrogens (tertiary/aromatic N) is 3. The monoisotopic (exact) mass is 395 g/mol. The molecule has 0 bridgehead atoms. The van der Waals surface area contributed by atoms with Gasteiger partial charge < -0.3 is 5.11 Å². The maximum Gasteiger partial charge on any atom is 0.266 e. The SMILES string of the molecule is Cc1ccc(CN2CCC(O)(Cn3nc(-c4cccs4)ccc3=O)CC2)cc1. The molecule has 28 heavy (non-hydrogen) atoms. The fourth-order valence-electron chi connectivity index (χ4n) is 3.63. The van der Waals surface area contributed by atoms with Gasteiger partial charge in [0.15, 0.2) is 0 Å². The van der Waals surface area contributed by atoms with Gasteiger partial charge in [-0.3, -0.25) is 9.69 Å². The molecule has 146 valence electrons. The van der Waals surface area contributed by atoms with Gasteiger partial charge in [0.05, 0.1) is 17.0 Å². The van der Waals surface area contributed by atoms with Gasteiger partial charge in [0, 0.05) is 25.7 Å². The molecule has 6 heteroatoms. The van der Waals surface area contributed by atoms with Gasteiger partial charge in [-0.2, -0.15) is 5.10 Å². The summed E-state index contributed by atoms with van der Waals surface area (Å²) in [5, 5.41) is 17.5. The molecule has 0 saturated carbocycles. The van der Waals surface area contributed by atoms with Crippen molar-refractivity contribution in [2.45, 2.75) is 38.5 Å². The van der Waals surface area contributed by atoms with Gasteiger partial charge in [0.1, 0.15) is 5.69 Å². The second kappa shape index (κ2) is 7.99.